The monoisotopic (exact) mass is 437 g/mol. The van der Waals surface area contributed by atoms with Crippen LogP contribution >= 0.6 is 0 Å². The lowest BCUT2D eigenvalue weighted by Gasteiger charge is -2.21. The molecule has 1 saturated heterocycles. The average molecular weight is 437 g/mol. The molecule has 10 nitrogen and oxygen atoms in total. The van der Waals surface area contributed by atoms with Gasteiger partial charge in [0.25, 0.3) is 11.8 Å². The number of imide groups is 1. The second-order valence-corrected chi connectivity index (χ2v) is 7.59. The first-order valence-electron chi connectivity index (χ1n) is 9.98. The van der Waals surface area contributed by atoms with E-state index in [2.05, 4.69) is 15.7 Å². The molecule has 2 aliphatic heterocycles. The van der Waals surface area contributed by atoms with Gasteiger partial charge in [-0.25, -0.2) is 4.90 Å². The molecule has 0 bridgehead atoms. The Morgan fingerprint density at radius 2 is 1.75 bits per heavy atom. The van der Waals surface area contributed by atoms with Gasteiger partial charge in [-0.3, -0.25) is 19.4 Å². The van der Waals surface area contributed by atoms with Crippen LogP contribution in [0, 0.1) is 13.8 Å². The lowest BCUT2D eigenvalue weighted by molar-refractivity contribution is -0.123. The maximum Gasteiger partial charge on any atom is 0.263 e. The number of fused-ring (bicyclic) bond motifs is 1. The van der Waals surface area contributed by atoms with Crippen molar-refractivity contribution in [3.8, 4) is 11.5 Å². The number of methoxy groups -OCH3 is 2. The van der Waals surface area contributed by atoms with Crippen molar-refractivity contribution in [3.05, 3.63) is 47.5 Å². The number of anilines is 2. The number of rotatable bonds is 6. The third-order valence-corrected chi connectivity index (χ3v) is 5.58. The predicted octanol–water partition coefficient (Wildman–Crippen LogP) is 2.25. The van der Waals surface area contributed by atoms with E-state index in [4.69, 9.17) is 9.47 Å². The Labute approximate surface area is 184 Å². The fourth-order valence-corrected chi connectivity index (χ4v) is 3.74. The zero-order chi connectivity index (χ0) is 23.0. The van der Waals surface area contributed by atoms with Gasteiger partial charge in [-0.05, 0) is 49.2 Å². The van der Waals surface area contributed by atoms with Gasteiger partial charge in [-0.15, -0.1) is 0 Å². The van der Waals surface area contributed by atoms with Gasteiger partial charge in [0.15, 0.2) is 23.6 Å². The van der Waals surface area contributed by atoms with E-state index in [1.165, 1.54) is 19.2 Å². The molecular weight excluding hydrogens is 414 g/mol. The number of carbonyl (C=O) groups is 3. The molecule has 32 heavy (non-hydrogen) atoms. The van der Waals surface area contributed by atoms with Crippen LogP contribution in [0.3, 0.4) is 0 Å². The topological polar surface area (TPSA) is 113 Å². The first kappa shape index (κ1) is 21.3. The van der Waals surface area contributed by atoms with Crippen LogP contribution < -0.4 is 19.7 Å². The second-order valence-electron chi connectivity index (χ2n) is 7.59. The number of aryl methyl sites for hydroxylation is 2. The van der Waals surface area contributed by atoms with E-state index in [0.717, 1.165) is 16.0 Å². The molecule has 0 aliphatic carbocycles. The fraction of sp³-hybridized carbons (Fsp3) is 0.318. The van der Waals surface area contributed by atoms with Crippen LogP contribution in [0.4, 0.5) is 11.4 Å². The van der Waals surface area contributed by atoms with Crippen molar-refractivity contribution in [3.63, 3.8) is 0 Å². The van der Waals surface area contributed by atoms with Crippen molar-refractivity contribution in [2.75, 3.05) is 31.0 Å². The molecule has 2 aromatic rings. The molecule has 2 atom stereocenters. The molecule has 166 valence electrons. The van der Waals surface area contributed by atoms with Crippen LogP contribution in [0.2, 0.25) is 0 Å². The molecule has 0 aromatic heterocycles. The minimum absolute atomic E-state index is 0.212. The van der Waals surface area contributed by atoms with Gasteiger partial charge in [0.05, 0.1) is 19.9 Å². The maximum atomic E-state index is 13.1. The van der Waals surface area contributed by atoms with Crippen molar-refractivity contribution < 1.29 is 23.9 Å². The zero-order valence-electron chi connectivity index (χ0n) is 18.2. The van der Waals surface area contributed by atoms with Crippen LogP contribution in [0.25, 0.3) is 0 Å². The lowest BCUT2D eigenvalue weighted by atomic mass is 10.1. The molecule has 4 rings (SSSR count). The van der Waals surface area contributed by atoms with E-state index >= 15 is 0 Å². The Balaban J connectivity index is 1.50. The van der Waals surface area contributed by atoms with E-state index < -0.39 is 23.9 Å². The highest BCUT2D eigenvalue weighted by atomic mass is 16.5. The van der Waals surface area contributed by atoms with Crippen LogP contribution in [-0.4, -0.2) is 55.6 Å². The highest BCUT2D eigenvalue weighted by Crippen LogP contribution is 2.36. The van der Waals surface area contributed by atoms with Crippen LogP contribution in [-0.2, 0) is 14.4 Å². The fourth-order valence-electron chi connectivity index (χ4n) is 3.74. The lowest BCUT2D eigenvalue weighted by Crippen LogP contribution is -2.43. The number of nitrogens with one attached hydrogen (secondary N) is 1. The van der Waals surface area contributed by atoms with E-state index in [0.29, 0.717) is 22.9 Å². The van der Waals surface area contributed by atoms with E-state index in [-0.39, 0.29) is 12.5 Å². The average Bonchev–Trinajstić information content (AvgIpc) is 3.29. The van der Waals surface area contributed by atoms with Crippen LogP contribution in [0.15, 0.2) is 46.7 Å². The molecule has 2 aromatic carbocycles. The van der Waals surface area contributed by atoms with Crippen molar-refractivity contribution in [1.82, 2.24) is 5.01 Å². The van der Waals surface area contributed by atoms with E-state index in [1.54, 1.807) is 24.3 Å². The molecule has 0 saturated carbocycles. The molecule has 2 heterocycles. The molecular formula is C22H23N5O5. The quantitative estimate of drug-likeness (QED) is 0.694. The first-order valence-corrected chi connectivity index (χ1v) is 9.98. The summed E-state index contributed by atoms with van der Waals surface area (Å²) in [5, 5.41) is 11.9. The smallest absolute Gasteiger partial charge is 0.263 e. The zero-order valence-corrected chi connectivity index (χ0v) is 18.2. The molecule has 1 N–H and O–H groups in total. The minimum Gasteiger partial charge on any atom is -0.493 e. The molecule has 1 fully saturated rings. The summed E-state index contributed by atoms with van der Waals surface area (Å²) in [6.45, 7) is 3.73. The number of amides is 3. The molecule has 0 radical (unpaired) electrons. The summed E-state index contributed by atoms with van der Waals surface area (Å²) < 4.78 is 10.5. The summed E-state index contributed by atoms with van der Waals surface area (Å²) in [4.78, 5) is 39.6. The van der Waals surface area contributed by atoms with Crippen LogP contribution in [0.5, 0.6) is 11.5 Å². The van der Waals surface area contributed by atoms with Gasteiger partial charge < -0.3 is 14.8 Å². The number of benzene rings is 2. The van der Waals surface area contributed by atoms with Gasteiger partial charge in [0.1, 0.15) is 6.54 Å². The summed E-state index contributed by atoms with van der Waals surface area (Å²) in [7, 11) is 2.96. The van der Waals surface area contributed by atoms with Crippen molar-refractivity contribution in [2.24, 2.45) is 10.3 Å². The Morgan fingerprint density at radius 1 is 1.00 bits per heavy atom. The van der Waals surface area contributed by atoms with Crippen molar-refractivity contribution >= 4 is 29.1 Å². The highest BCUT2D eigenvalue weighted by Gasteiger charge is 2.55. The van der Waals surface area contributed by atoms with Gasteiger partial charge in [0.2, 0.25) is 5.91 Å². The molecule has 2 aliphatic rings. The van der Waals surface area contributed by atoms with Crippen molar-refractivity contribution in [2.45, 2.75) is 25.9 Å². The van der Waals surface area contributed by atoms with E-state index in [1.807, 2.05) is 26.0 Å². The Bertz CT molecular complexity index is 1130. The summed E-state index contributed by atoms with van der Waals surface area (Å²) in [5.41, 5.74) is 3.14. The second kappa shape index (κ2) is 8.29. The summed E-state index contributed by atoms with van der Waals surface area (Å²) in [6, 6.07) is 8.36. The summed E-state index contributed by atoms with van der Waals surface area (Å²) in [5.74, 6) is -0.518. The predicted molar refractivity (Wildman–Crippen MR) is 116 cm³/mol. The molecule has 3 amide bonds. The molecule has 10 heteroatoms. The van der Waals surface area contributed by atoms with Gasteiger partial charge >= 0.3 is 0 Å². The Kier molecular flexibility index (Phi) is 5.52. The van der Waals surface area contributed by atoms with Crippen LogP contribution in [0.1, 0.15) is 11.1 Å². The third-order valence-electron chi connectivity index (χ3n) is 5.58. The Hall–Kier alpha value is -3.95. The number of ether oxygens (including phenoxy) is 2. The van der Waals surface area contributed by atoms with E-state index in [9.17, 15) is 14.4 Å². The third kappa shape index (κ3) is 3.64. The van der Waals surface area contributed by atoms with Gasteiger partial charge in [0, 0.05) is 11.8 Å². The minimum atomic E-state index is -0.995. The SMILES string of the molecule is COc1ccc(N2C(=O)[C@@H]3N=NN(CC(=O)Nc4ccc(C)c(C)c4)[C@H]3C2=O)cc1OC. The Morgan fingerprint density at radius 3 is 2.44 bits per heavy atom. The molecule has 0 spiro atoms. The molecule has 0 unspecified atom stereocenters. The van der Waals surface area contributed by atoms with Gasteiger partial charge in [-0.1, -0.05) is 11.3 Å². The number of hydrogen-bond acceptors (Lipinski definition) is 8. The standard InChI is InChI=1S/C22H23N5O5/c1-12-5-6-14(9-13(12)2)23-18(28)11-26-20-19(24-25-26)21(29)27(22(20)30)15-7-8-16(31-3)17(10-15)32-4/h5-10,19-20H,11H2,1-4H3,(H,23,28)/t19-,20-/m1/s1. The largest absolute Gasteiger partial charge is 0.493 e. The highest BCUT2D eigenvalue weighted by molar-refractivity contribution is 6.25. The number of hydrogen-bond donors (Lipinski definition) is 1. The normalized spacial score (nSPS) is 19.4. The maximum absolute atomic E-state index is 13.1. The number of carbonyl (C=O) groups excluding carboxylic acids is 3. The summed E-state index contributed by atoms with van der Waals surface area (Å²) in [6.07, 6.45) is 0. The van der Waals surface area contributed by atoms with Crippen molar-refractivity contribution in [1.29, 1.82) is 0 Å². The summed E-state index contributed by atoms with van der Waals surface area (Å²) >= 11 is 0. The number of nitrogens with zero attached hydrogens (tertiary/aromatic N) is 4. The first-order chi connectivity index (χ1) is 15.3. The van der Waals surface area contributed by atoms with Gasteiger partial charge in [-0.2, -0.15) is 5.11 Å².